The Labute approximate surface area is 66.1 Å². The minimum Gasteiger partial charge on any atom is -0.352 e. The first kappa shape index (κ1) is 9.56. The molecular formula is C7H13NOS. The summed E-state index contributed by atoms with van der Waals surface area (Å²) in [6.45, 7) is 4.46. The summed E-state index contributed by atoms with van der Waals surface area (Å²) in [5.41, 5.74) is 0. The van der Waals surface area contributed by atoms with Gasteiger partial charge in [-0.05, 0) is 20.1 Å². The minimum absolute atomic E-state index is 0.0255. The highest BCUT2D eigenvalue weighted by Crippen LogP contribution is 2.09. The third-order valence-electron chi connectivity index (χ3n) is 1.04. The number of thioether (sulfide) groups is 1. The van der Waals surface area contributed by atoms with E-state index >= 15 is 0 Å². The number of amides is 1. The maximum Gasteiger partial charge on any atom is 0.257 e. The number of carbonyl (C=O) groups is 1. The van der Waals surface area contributed by atoms with E-state index in [-0.39, 0.29) is 5.91 Å². The van der Waals surface area contributed by atoms with E-state index in [9.17, 15) is 4.79 Å². The Hall–Kier alpha value is -0.440. The number of likely N-dealkylation sites (N-methyl/N-ethyl adjacent to an activating group) is 1. The molecule has 0 aromatic carbocycles. The molecule has 0 heterocycles. The first-order valence-electron chi connectivity index (χ1n) is 3.24. The molecule has 3 heteroatoms. The van der Waals surface area contributed by atoms with Crippen molar-refractivity contribution in [2.24, 2.45) is 0 Å². The fraction of sp³-hybridized carbons (Fsp3) is 0.571. The molecule has 0 atom stereocenters. The Morgan fingerprint density at radius 1 is 1.70 bits per heavy atom. The SMILES string of the molecule is C/C=C(\SC)C(=O)NCC. The lowest BCUT2D eigenvalue weighted by Crippen LogP contribution is -2.23. The van der Waals surface area contributed by atoms with Gasteiger partial charge in [-0.25, -0.2) is 0 Å². The molecule has 0 aliphatic rings. The van der Waals surface area contributed by atoms with E-state index in [0.717, 1.165) is 4.91 Å². The number of allylic oxidation sites excluding steroid dienone is 1. The second-order valence-electron chi connectivity index (χ2n) is 1.72. The molecule has 0 aliphatic carbocycles. The molecule has 0 aliphatic heterocycles. The number of rotatable bonds is 3. The van der Waals surface area contributed by atoms with Crippen molar-refractivity contribution < 1.29 is 4.79 Å². The summed E-state index contributed by atoms with van der Waals surface area (Å²) in [6, 6.07) is 0. The van der Waals surface area contributed by atoms with Crippen molar-refractivity contribution in [3.8, 4) is 0 Å². The van der Waals surface area contributed by atoms with Crippen LogP contribution in [0.4, 0.5) is 0 Å². The molecule has 0 spiro atoms. The summed E-state index contributed by atoms with van der Waals surface area (Å²) in [6.07, 6.45) is 3.71. The number of nitrogens with one attached hydrogen (secondary N) is 1. The molecule has 0 saturated heterocycles. The highest BCUT2D eigenvalue weighted by molar-refractivity contribution is 8.03. The Bertz CT molecular complexity index is 143. The van der Waals surface area contributed by atoms with Crippen molar-refractivity contribution in [3.05, 3.63) is 11.0 Å². The molecule has 0 saturated carbocycles. The Morgan fingerprint density at radius 2 is 2.30 bits per heavy atom. The summed E-state index contributed by atoms with van der Waals surface area (Å²) in [7, 11) is 0. The zero-order valence-electron chi connectivity index (χ0n) is 6.60. The van der Waals surface area contributed by atoms with Crippen LogP contribution in [0, 0.1) is 0 Å². The van der Waals surface area contributed by atoms with Gasteiger partial charge < -0.3 is 5.32 Å². The summed E-state index contributed by atoms with van der Waals surface area (Å²) < 4.78 is 0. The lowest BCUT2D eigenvalue weighted by Gasteiger charge is -2.01. The van der Waals surface area contributed by atoms with Crippen LogP contribution in [-0.4, -0.2) is 18.7 Å². The average Bonchev–Trinajstić information content (AvgIpc) is 1.91. The number of hydrogen-bond acceptors (Lipinski definition) is 2. The normalized spacial score (nSPS) is 11.3. The third kappa shape index (κ3) is 2.92. The van der Waals surface area contributed by atoms with E-state index in [0.29, 0.717) is 6.54 Å². The van der Waals surface area contributed by atoms with Gasteiger partial charge in [-0.1, -0.05) is 6.08 Å². The van der Waals surface area contributed by atoms with E-state index in [4.69, 9.17) is 0 Å². The van der Waals surface area contributed by atoms with E-state index in [1.807, 2.05) is 26.2 Å². The molecule has 1 amide bonds. The molecular weight excluding hydrogens is 146 g/mol. The van der Waals surface area contributed by atoms with Crippen LogP contribution >= 0.6 is 11.8 Å². The fourth-order valence-corrected chi connectivity index (χ4v) is 1.08. The maximum absolute atomic E-state index is 11.0. The molecule has 2 nitrogen and oxygen atoms in total. The van der Waals surface area contributed by atoms with E-state index in [1.54, 1.807) is 0 Å². The van der Waals surface area contributed by atoms with Crippen LogP contribution in [0.1, 0.15) is 13.8 Å². The molecule has 1 N–H and O–H groups in total. The molecule has 0 unspecified atom stereocenters. The average molecular weight is 159 g/mol. The van der Waals surface area contributed by atoms with Gasteiger partial charge in [-0.3, -0.25) is 4.79 Å². The summed E-state index contributed by atoms with van der Waals surface area (Å²) in [4.78, 5) is 11.8. The highest BCUT2D eigenvalue weighted by atomic mass is 32.2. The molecule has 58 valence electrons. The summed E-state index contributed by atoms with van der Waals surface area (Å²) in [5.74, 6) is 0.0255. The van der Waals surface area contributed by atoms with Crippen molar-refractivity contribution in [2.75, 3.05) is 12.8 Å². The first-order chi connectivity index (χ1) is 4.76. The smallest absolute Gasteiger partial charge is 0.257 e. The quantitative estimate of drug-likeness (QED) is 0.630. The van der Waals surface area contributed by atoms with Gasteiger partial charge >= 0.3 is 0 Å². The molecule has 0 bridgehead atoms. The van der Waals surface area contributed by atoms with Crippen molar-refractivity contribution in [1.29, 1.82) is 0 Å². The van der Waals surface area contributed by atoms with Gasteiger partial charge in [0.15, 0.2) is 0 Å². The predicted octanol–water partition coefficient (Wildman–Crippen LogP) is 1.39. The van der Waals surface area contributed by atoms with Crippen LogP contribution in [0.2, 0.25) is 0 Å². The second-order valence-corrected chi connectivity index (χ2v) is 2.56. The first-order valence-corrected chi connectivity index (χ1v) is 4.47. The summed E-state index contributed by atoms with van der Waals surface area (Å²) >= 11 is 1.47. The Balaban J connectivity index is 3.91. The highest BCUT2D eigenvalue weighted by Gasteiger charge is 2.03. The van der Waals surface area contributed by atoms with E-state index < -0.39 is 0 Å². The monoisotopic (exact) mass is 159 g/mol. The van der Waals surface area contributed by atoms with Gasteiger partial charge in [-0.2, -0.15) is 0 Å². The fourth-order valence-electron chi connectivity index (χ4n) is 0.589. The molecule has 10 heavy (non-hydrogen) atoms. The van der Waals surface area contributed by atoms with Crippen molar-refractivity contribution in [2.45, 2.75) is 13.8 Å². The van der Waals surface area contributed by atoms with E-state index in [2.05, 4.69) is 5.32 Å². The topological polar surface area (TPSA) is 29.1 Å². The van der Waals surface area contributed by atoms with Crippen LogP contribution in [0.3, 0.4) is 0 Å². The minimum atomic E-state index is 0.0255. The summed E-state index contributed by atoms with van der Waals surface area (Å²) in [5, 5.41) is 2.72. The molecule has 0 fully saturated rings. The predicted molar refractivity (Wildman–Crippen MR) is 46.0 cm³/mol. The Kier molecular flexibility index (Phi) is 5.12. The van der Waals surface area contributed by atoms with E-state index in [1.165, 1.54) is 11.8 Å². The van der Waals surface area contributed by atoms with Crippen LogP contribution < -0.4 is 5.32 Å². The van der Waals surface area contributed by atoms with Gasteiger partial charge in [0.25, 0.3) is 5.91 Å². The van der Waals surface area contributed by atoms with Gasteiger partial charge in [0.05, 0.1) is 4.91 Å². The molecule has 0 rings (SSSR count). The zero-order chi connectivity index (χ0) is 7.98. The third-order valence-corrected chi connectivity index (χ3v) is 1.90. The second kappa shape index (κ2) is 5.35. The largest absolute Gasteiger partial charge is 0.352 e. The van der Waals surface area contributed by atoms with Crippen LogP contribution in [0.5, 0.6) is 0 Å². The van der Waals surface area contributed by atoms with Crippen LogP contribution in [0.25, 0.3) is 0 Å². The van der Waals surface area contributed by atoms with Crippen molar-refractivity contribution in [3.63, 3.8) is 0 Å². The van der Waals surface area contributed by atoms with Crippen molar-refractivity contribution in [1.82, 2.24) is 5.32 Å². The molecule has 0 aromatic heterocycles. The Morgan fingerprint density at radius 3 is 2.60 bits per heavy atom. The van der Waals surface area contributed by atoms with Crippen LogP contribution in [0.15, 0.2) is 11.0 Å². The lowest BCUT2D eigenvalue weighted by molar-refractivity contribution is -0.116. The number of hydrogen-bond donors (Lipinski definition) is 1. The lowest BCUT2D eigenvalue weighted by atomic mass is 10.5. The van der Waals surface area contributed by atoms with Gasteiger partial charge in [0, 0.05) is 6.54 Å². The van der Waals surface area contributed by atoms with Gasteiger partial charge in [0.2, 0.25) is 0 Å². The maximum atomic E-state index is 11.0. The van der Waals surface area contributed by atoms with Crippen LogP contribution in [-0.2, 0) is 4.79 Å². The standard InChI is InChI=1S/C7H13NOS/c1-4-6(10-3)7(9)8-5-2/h4H,5H2,1-3H3,(H,8,9)/b6-4-. The molecule has 0 aromatic rings. The molecule has 0 radical (unpaired) electrons. The zero-order valence-corrected chi connectivity index (χ0v) is 7.42. The number of carbonyl (C=O) groups excluding carboxylic acids is 1. The van der Waals surface area contributed by atoms with Gasteiger partial charge in [0.1, 0.15) is 0 Å². The van der Waals surface area contributed by atoms with Gasteiger partial charge in [-0.15, -0.1) is 11.8 Å². The van der Waals surface area contributed by atoms with Crippen molar-refractivity contribution >= 4 is 17.7 Å².